The van der Waals surface area contributed by atoms with Crippen molar-refractivity contribution in [3.63, 3.8) is 0 Å². The first-order chi connectivity index (χ1) is 10.1. The highest BCUT2D eigenvalue weighted by Crippen LogP contribution is 2.17. The molecule has 2 aromatic rings. The maximum atomic E-state index is 12.2. The van der Waals surface area contributed by atoms with Crippen LogP contribution in [0.1, 0.15) is 12.5 Å². The topological polar surface area (TPSA) is 32.3 Å². The number of hydrogen-bond donors (Lipinski definition) is 1. The van der Waals surface area contributed by atoms with Gasteiger partial charge in [-0.2, -0.15) is 0 Å². The van der Waals surface area contributed by atoms with Crippen molar-refractivity contribution < 1.29 is 4.79 Å². The molecule has 0 bridgehead atoms. The predicted molar refractivity (Wildman–Crippen MR) is 88.7 cm³/mol. The summed E-state index contributed by atoms with van der Waals surface area (Å²) >= 11 is 0. The second kappa shape index (κ2) is 6.93. The van der Waals surface area contributed by atoms with Gasteiger partial charge in [-0.1, -0.05) is 37.3 Å². The molecule has 0 aliphatic heterocycles. The minimum Gasteiger partial charge on any atom is -0.378 e. The third-order valence-electron chi connectivity index (χ3n) is 3.48. The van der Waals surface area contributed by atoms with Gasteiger partial charge in [0.25, 0.3) is 0 Å². The summed E-state index contributed by atoms with van der Waals surface area (Å²) < 4.78 is 0. The van der Waals surface area contributed by atoms with E-state index in [1.54, 1.807) is 0 Å². The second-order valence-electron chi connectivity index (χ2n) is 5.52. The van der Waals surface area contributed by atoms with Gasteiger partial charge in [-0.05, 0) is 36.2 Å². The van der Waals surface area contributed by atoms with Crippen molar-refractivity contribution in [3.8, 4) is 0 Å². The van der Waals surface area contributed by atoms with Crippen LogP contribution in [0.15, 0.2) is 54.6 Å². The number of benzene rings is 2. The van der Waals surface area contributed by atoms with Crippen LogP contribution >= 0.6 is 0 Å². The van der Waals surface area contributed by atoms with E-state index in [1.165, 1.54) is 5.56 Å². The largest absolute Gasteiger partial charge is 0.378 e. The summed E-state index contributed by atoms with van der Waals surface area (Å²) in [6.07, 6.45) is 0.752. The van der Waals surface area contributed by atoms with Crippen molar-refractivity contribution in [3.05, 3.63) is 60.2 Å². The zero-order valence-electron chi connectivity index (χ0n) is 12.8. The van der Waals surface area contributed by atoms with Gasteiger partial charge in [0.1, 0.15) is 0 Å². The van der Waals surface area contributed by atoms with Crippen LogP contribution in [0.2, 0.25) is 0 Å². The van der Waals surface area contributed by atoms with Gasteiger partial charge >= 0.3 is 0 Å². The van der Waals surface area contributed by atoms with Crippen molar-refractivity contribution in [2.45, 2.75) is 13.3 Å². The number of nitrogens with zero attached hydrogens (tertiary/aromatic N) is 1. The van der Waals surface area contributed by atoms with Crippen LogP contribution in [-0.4, -0.2) is 20.0 Å². The summed E-state index contributed by atoms with van der Waals surface area (Å²) in [4.78, 5) is 14.2. The van der Waals surface area contributed by atoms with Crippen molar-refractivity contribution in [1.82, 2.24) is 0 Å². The van der Waals surface area contributed by atoms with Crippen molar-refractivity contribution >= 4 is 17.3 Å². The highest BCUT2D eigenvalue weighted by molar-refractivity contribution is 5.92. The molecule has 0 aliphatic rings. The van der Waals surface area contributed by atoms with Crippen LogP contribution in [-0.2, 0) is 11.2 Å². The van der Waals surface area contributed by atoms with E-state index in [1.807, 2.05) is 68.4 Å². The Bertz CT molecular complexity index is 576. The molecular weight excluding hydrogens is 260 g/mol. The Kier molecular flexibility index (Phi) is 4.99. The highest BCUT2D eigenvalue weighted by Gasteiger charge is 2.13. The molecule has 0 saturated carbocycles. The lowest BCUT2D eigenvalue weighted by Gasteiger charge is -2.15. The Hall–Kier alpha value is -2.29. The summed E-state index contributed by atoms with van der Waals surface area (Å²) in [5.41, 5.74) is 3.14. The van der Waals surface area contributed by atoms with E-state index in [9.17, 15) is 4.79 Å². The van der Waals surface area contributed by atoms with E-state index in [-0.39, 0.29) is 11.8 Å². The Morgan fingerprint density at radius 3 is 2.24 bits per heavy atom. The van der Waals surface area contributed by atoms with Gasteiger partial charge in [0.2, 0.25) is 5.91 Å². The number of carbonyl (C=O) groups excluding carboxylic acids is 1. The fraction of sp³-hybridized carbons (Fsp3) is 0.278. The number of rotatable bonds is 5. The minimum atomic E-state index is -0.0547. The summed E-state index contributed by atoms with van der Waals surface area (Å²) in [6.45, 7) is 1.95. The smallest absolute Gasteiger partial charge is 0.227 e. The Balaban J connectivity index is 1.94. The Morgan fingerprint density at radius 1 is 1.05 bits per heavy atom. The van der Waals surface area contributed by atoms with Crippen LogP contribution in [0.4, 0.5) is 11.4 Å². The van der Waals surface area contributed by atoms with Gasteiger partial charge in [0.05, 0.1) is 0 Å². The predicted octanol–water partition coefficient (Wildman–Crippen LogP) is 3.57. The number of hydrogen-bond acceptors (Lipinski definition) is 2. The number of nitrogens with one attached hydrogen (secondary N) is 1. The molecule has 21 heavy (non-hydrogen) atoms. The van der Waals surface area contributed by atoms with E-state index in [0.29, 0.717) is 0 Å². The molecule has 0 unspecified atom stereocenters. The molecule has 3 heteroatoms. The maximum absolute atomic E-state index is 12.2. The zero-order valence-corrected chi connectivity index (χ0v) is 12.8. The third-order valence-corrected chi connectivity index (χ3v) is 3.48. The fourth-order valence-corrected chi connectivity index (χ4v) is 2.17. The molecule has 0 heterocycles. The first kappa shape index (κ1) is 15.1. The molecule has 0 fully saturated rings. The lowest BCUT2D eigenvalue weighted by molar-refractivity contribution is -0.119. The first-order valence-corrected chi connectivity index (χ1v) is 7.18. The zero-order chi connectivity index (χ0) is 15.2. The van der Waals surface area contributed by atoms with E-state index >= 15 is 0 Å². The lowest BCUT2D eigenvalue weighted by Crippen LogP contribution is -2.22. The standard InChI is InChI=1S/C18H22N2O/c1-14(13-15-7-5-4-6-8-15)18(21)19-16-9-11-17(12-10-16)20(2)3/h4-12,14H,13H2,1-3H3,(H,19,21)/t14-/m0/s1. The molecule has 0 aliphatic carbocycles. The van der Waals surface area contributed by atoms with Crippen LogP contribution in [0.5, 0.6) is 0 Å². The monoisotopic (exact) mass is 282 g/mol. The van der Waals surface area contributed by atoms with Gasteiger partial charge in [-0.3, -0.25) is 4.79 Å². The summed E-state index contributed by atoms with van der Waals surface area (Å²) in [5, 5.41) is 2.97. The average Bonchev–Trinajstić information content (AvgIpc) is 2.48. The Labute approximate surface area is 126 Å². The van der Waals surface area contributed by atoms with Gasteiger partial charge in [0, 0.05) is 31.4 Å². The van der Waals surface area contributed by atoms with Gasteiger partial charge < -0.3 is 10.2 Å². The number of amides is 1. The molecule has 0 aromatic heterocycles. The SMILES string of the molecule is C[C@@H](Cc1ccccc1)C(=O)Nc1ccc(N(C)C)cc1. The molecule has 1 N–H and O–H groups in total. The number of anilines is 2. The highest BCUT2D eigenvalue weighted by atomic mass is 16.1. The molecule has 0 spiro atoms. The second-order valence-corrected chi connectivity index (χ2v) is 5.52. The Morgan fingerprint density at radius 2 is 1.67 bits per heavy atom. The third kappa shape index (κ3) is 4.35. The minimum absolute atomic E-state index is 0.0523. The van der Waals surface area contributed by atoms with Crippen LogP contribution in [0.25, 0.3) is 0 Å². The normalized spacial score (nSPS) is 11.8. The van der Waals surface area contributed by atoms with Crippen LogP contribution in [0.3, 0.4) is 0 Å². The molecule has 2 aromatic carbocycles. The van der Waals surface area contributed by atoms with E-state index in [2.05, 4.69) is 17.4 Å². The van der Waals surface area contributed by atoms with E-state index < -0.39 is 0 Å². The van der Waals surface area contributed by atoms with Gasteiger partial charge in [0.15, 0.2) is 0 Å². The van der Waals surface area contributed by atoms with Crippen LogP contribution in [0, 0.1) is 5.92 Å². The summed E-state index contributed by atoms with van der Waals surface area (Å²) in [7, 11) is 3.99. The molecule has 0 radical (unpaired) electrons. The van der Waals surface area contributed by atoms with Crippen molar-refractivity contribution in [2.75, 3.05) is 24.3 Å². The fourth-order valence-electron chi connectivity index (χ4n) is 2.17. The van der Waals surface area contributed by atoms with Gasteiger partial charge in [-0.15, -0.1) is 0 Å². The molecule has 0 saturated heterocycles. The quantitative estimate of drug-likeness (QED) is 0.909. The van der Waals surface area contributed by atoms with Gasteiger partial charge in [-0.25, -0.2) is 0 Å². The molecule has 1 atom stereocenters. The first-order valence-electron chi connectivity index (χ1n) is 7.18. The van der Waals surface area contributed by atoms with Crippen molar-refractivity contribution in [1.29, 1.82) is 0 Å². The lowest BCUT2D eigenvalue weighted by atomic mass is 10.0. The molecule has 2 rings (SSSR count). The summed E-state index contributed by atoms with van der Waals surface area (Å²) in [6, 6.07) is 18.0. The van der Waals surface area contributed by atoms with Crippen LogP contribution < -0.4 is 10.2 Å². The maximum Gasteiger partial charge on any atom is 0.227 e. The van der Waals surface area contributed by atoms with E-state index in [0.717, 1.165) is 17.8 Å². The van der Waals surface area contributed by atoms with Crippen molar-refractivity contribution in [2.24, 2.45) is 5.92 Å². The average molecular weight is 282 g/mol. The molecular formula is C18H22N2O. The summed E-state index contributed by atoms with van der Waals surface area (Å²) in [5.74, 6) is -0.00242. The molecule has 110 valence electrons. The molecule has 1 amide bonds. The van der Waals surface area contributed by atoms with E-state index in [4.69, 9.17) is 0 Å². The number of carbonyl (C=O) groups is 1. The molecule has 3 nitrogen and oxygen atoms in total.